The van der Waals surface area contributed by atoms with Gasteiger partial charge >= 0.3 is 5.97 Å². The molecule has 0 atom stereocenters. The van der Waals surface area contributed by atoms with E-state index in [-0.39, 0.29) is 16.5 Å². The van der Waals surface area contributed by atoms with Crippen LogP contribution in [0.25, 0.3) is 22.2 Å². The summed E-state index contributed by atoms with van der Waals surface area (Å²) in [6.07, 6.45) is 0. The highest BCUT2D eigenvalue weighted by Gasteiger charge is 2.15. The lowest BCUT2D eigenvalue weighted by Gasteiger charge is -2.10. The van der Waals surface area contributed by atoms with Crippen LogP contribution in [0.2, 0.25) is 0 Å². The molecule has 1 heterocycles. The molecule has 0 spiro atoms. The third-order valence-electron chi connectivity index (χ3n) is 3.36. The number of ether oxygens (including phenoxy) is 1. The van der Waals surface area contributed by atoms with Gasteiger partial charge in [-0.1, -0.05) is 30.3 Å². The Hall–Kier alpha value is -2.95. The maximum absolute atomic E-state index is 14.2. The Morgan fingerprint density at radius 1 is 1.18 bits per heavy atom. The van der Waals surface area contributed by atoms with E-state index in [4.69, 9.17) is 9.84 Å². The number of nitrogens with zero attached hydrogens (tertiary/aromatic N) is 1. The van der Waals surface area contributed by atoms with Crippen LogP contribution in [-0.4, -0.2) is 23.2 Å². The largest absolute Gasteiger partial charge is 0.496 e. The predicted molar refractivity (Wildman–Crippen MR) is 80.6 cm³/mol. The van der Waals surface area contributed by atoms with Crippen LogP contribution in [0.3, 0.4) is 0 Å². The lowest BCUT2D eigenvalue weighted by molar-refractivity contribution is 0.0696. The van der Waals surface area contributed by atoms with Gasteiger partial charge in [-0.3, -0.25) is 0 Å². The molecule has 3 aromatic rings. The summed E-state index contributed by atoms with van der Waals surface area (Å²) in [5.74, 6) is -1.55. The first-order chi connectivity index (χ1) is 10.6. The second kappa shape index (κ2) is 5.44. The van der Waals surface area contributed by atoms with Crippen molar-refractivity contribution in [2.75, 3.05) is 7.11 Å². The van der Waals surface area contributed by atoms with E-state index in [1.165, 1.54) is 13.2 Å². The molecule has 5 heteroatoms. The number of fused-ring (bicyclic) bond motifs is 1. The molecule has 110 valence electrons. The molecule has 0 bridgehead atoms. The van der Waals surface area contributed by atoms with Crippen LogP contribution < -0.4 is 4.74 Å². The van der Waals surface area contributed by atoms with Gasteiger partial charge in [-0.2, -0.15) is 0 Å². The van der Waals surface area contributed by atoms with Crippen LogP contribution in [0.4, 0.5) is 4.39 Å². The fraction of sp³-hybridized carbons (Fsp3) is 0.0588. The van der Waals surface area contributed by atoms with Crippen molar-refractivity contribution >= 4 is 16.9 Å². The molecule has 0 aliphatic carbocycles. The van der Waals surface area contributed by atoms with Crippen LogP contribution >= 0.6 is 0 Å². The third-order valence-corrected chi connectivity index (χ3v) is 3.36. The summed E-state index contributed by atoms with van der Waals surface area (Å²) in [7, 11) is 1.44. The second-order valence-electron chi connectivity index (χ2n) is 4.73. The number of halogens is 1. The summed E-state index contributed by atoms with van der Waals surface area (Å²) < 4.78 is 19.4. The smallest absolute Gasteiger partial charge is 0.335 e. The van der Waals surface area contributed by atoms with E-state index in [1.54, 1.807) is 6.07 Å². The summed E-state index contributed by atoms with van der Waals surface area (Å²) in [6.45, 7) is 0. The Morgan fingerprint density at radius 2 is 1.91 bits per heavy atom. The summed E-state index contributed by atoms with van der Waals surface area (Å²) >= 11 is 0. The lowest BCUT2D eigenvalue weighted by atomic mass is 10.1. The van der Waals surface area contributed by atoms with Crippen molar-refractivity contribution in [3.63, 3.8) is 0 Å². The van der Waals surface area contributed by atoms with Crippen molar-refractivity contribution in [3.8, 4) is 17.0 Å². The molecule has 4 nitrogen and oxygen atoms in total. The molecule has 0 aliphatic heterocycles. The number of aromatic carboxylic acids is 1. The standard InChI is InChI=1S/C17H12FNO3/c1-22-15-9-13(10-5-3-2-4-6-10)19-14-8-11(17(20)21)7-12(18)16(14)15/h2-9H,1H3,(H,20,21). The van der Waals surface area contributed by atoms with Crippen LogP contribution in [0, 0.1) is 5.82 Å². The van der Waals surface area contributed by atoms with Gasteiger partial charge in [0.2, 0.25) is 0 Å². The van der Waals surface area contributed by atoms with Crippen LogP contribution in [0.5, 0.6) is 5.75 Å². The van der Waals surface area contributed by atoms with E-state index in [0.717, 1.165) is 11.6 Å². The Balaban J connectivity index is 2.32. The van der Waals surface area contributed by atoms with Crippen molar-refractivity contribution in [1.29, 1.82) is 0 Å². The second-order valence-corrected chi connectivity index (χ2v) is 4.73. The van der Waals surface area contributed by atoms with Gasteiger partial charge in [-0.25, -0.2) is 14.2 Å². The summed E-state index contributed by atoms with van der Waals surface area (Å²) in [6, 6.07) is 13.3. The first-order valence-electron chi connectivity index (χ1n) is 6.57. The minimum Gasteiger partial charge on any atom is -0.496 e. The normalized spacial score (nSPS) is 10.6. The molecule has 0 radical (unpaired) electrons. The molecule has 0 aliphatic rings. The highest BCUT2D eigenvalue weighted by molar-refractivity contribution is 5.96. The van der Waals surface area contributed by atoms with Crippen molar-refractivity contribution in [3.05, 3.63) is 59.9 Å². The molecule has 1 N–H and O–H groups in total. The number of benzene rings is 2. The molecule has 0 fully saturated rings. The average molecular weight is 297 g/mol. The average Bonchev–Trinajstić information content (AvgIpc) is 2.54. The molecule has 0 saturated carbocycles. The topological polar surface area (TPSA) is 59.4 Å². The van der Waals surface area contributed by atoms with E-state index in [0.29, 0.717) is 11.4 Å². The first kappa shape index (κ1) is 14.0. The molecule has 0 saturated heterocycles. The van der Waals surface area contributed by atoms with Gasteiger partial charge < -0.3 is 9.84 Å². The number of rotatable bonds is 3. The first-order valence-corrected chi connectivity index (χ1v) is 6.57. The molecule has 2 aromatic carbocycles. The highest BCUT2D eigenvalue weighted by atomic mass is 19.1. The van der Waals surface area contributed by atoms with Crippen LogP contribution in [0.1, 0.15) is 10.4 Å². The quantitative estimate of drug-likeness (QED) is 0.800. The zero-order valence-corrected chi connectivity index (χ0v) is 11.7. The van der Waals surface area contributed by atoms with Crippen molar-refractivity contribution < 1.29 is 19.0 Å². The number of carboxylic acid groups (broad SMARTS) is 1. The number of carboxylic acids is 1. The molecular weight excluding hydrogens is 285 g/mol. The van der Waals surface area contributed by atoms with E-state index in [2.05, 4.69) is 4.98 Å². The van der Waals surface area contributed by atoms with Crippen molar-refractivity contribution in [2.24, 2.45) is 0 Å². The van der Waals surface area contributed by atoms with Crippen LogP contribution in [0.15, 0.2) is 48.5 Å². The number of carbonyl (C=O) groups is 1. The summed E-state index contributed by atoms with van der Waals surface area (Å²) in [5.41, 5.74) is 1.52. The lowest BCUT2D eigenvalue weighted by Crippen LogP contribution is -2.00. The maximum Gasteiger partial charge on any atom is 0.335 e. The number of hydrogen-bond acceptors (Lipinski definition) is 3. The van der Waals surface area contributed by atoms with Crippen molar-refractivity contribution in [1.82, 2.24) is 4.98 Å². The molecule has 3 rings (SSSR count). The summed E-state index contributed by atoms with van der Waals surface area (Å²) in [5, 5.41) is 9.23. The van der Waals surface area contributed by atoms with E-state index >= 15 is 0 Å². The Kier molecular flexibility index (Phi) is 3.47. The Morgan fingerprint density at radius 3 is 2.55 bits per heavy atom. The van der Waals surface area contributed by atoms with Gasteiger partial charge in [-0.15, -0.1) is 0 Å². The minimum atomic E-state index is -1.20. The number of hydrogen-bond donors (Lipinski definition) is 1. The van der Waals surface area contributed by atoms with Gasteiger partial charge in [0.1, 0.15) is 11.6 Å². The van der Waals surface area contributed by atoms with Crippen molar-refractivity contribution in [2.45, 2.75) is 0 Å². The maximum atomic E-state index is 14.2. The van der Waals surface area contributed by atoms with E-state index in [9.17, 15) is 9.18 Å². The Labute approximate surface area is 125 Å². The molecule has 0 amide bonds. The fourth-order valence-electron chi connectivity index (χ4n) is 2.32. The number of aromatic nitrogens is 1. The fourth-order valence-corrected chi connectivity index (χ4v) is 2.32. The van der Waals surface area contributed by atoms with Gasteiger partial charge in [-0.05, 0) is 12.1 Å². The molecule has 0 unspecified atom stereocenters. The SMILES string of the molecule is COc1cc(-c2ccccc2)nc2cc(C(=O)O)cc(F)c12. The van der Waals surface area contributed by atoms with Crippen LogP contribution in [-0.2, 0) is 0 Å². The van der Waals surface area contributed by atoms with Gasteiger partial charge in [0, 0.05) is 11.6 Å². The molecular formula is C17H12FNO3. The summed E-state index contributed by atoms with van der Waals surface area (Å²) in [4.78, 5) is 15.5. The third kappa shape index (κ3) is 2.37. The van der Waals surface area contributed by atoms with E-state index in [1.807, 2.05) is 30.3 Å². The monoisotopic (exact) mass is 297 g/mol. The zero-order chi connectivity index (χ0) is 15.7. The predicted octanol–water partition coefficient (Wildman–Crippen LogP) is 3.75. The molecule has 1 aromatic heterocycles. The van der Waals surface area contributed by atoms with E-state index < -0.39 is 11.8 Å². The zero-order valence-electron chi connectivity index (χ0n) is 11.7. The Bertz CT molecular complexity index is 863. The number of methoxy groups -OCH3 is 1. The van der Waals surface area contributed by atoms with Gasteiger partial charge in [0.15, 0.2) is 0 Å². The van der Waals surface area contributed by atoms with Gasteiger partial charge in [0.05, 0.1) is 29.3 Å². The highest BCUT2D eigenvalue weighted by Crippen LogP contribution is 2.32. The molecule has 22 heavy (non-hydrogen) atoms. The van der Waals surface area contributed by atoms with Gasteiger partial charge in [0.25, 0.3) is 0 Å². The number of pyridine rings is 1. The minimum absolute atomic E-state index is 0.148.